The molecule has 0 radical (unpaired) electrons. The van der Waals surface area contributed by atoms with Gasteiger partial charge in [0.2, 0.25) is 0 Å². The summed E-state index contributed by atoms with van der Waals surface area (Å²) in [4.78, 5) is 12.4. The Kier molecular flexibility index (Phi) is 4.59. The van der Waals surface area contributed by atoms with Crippen LogP contribution in [0.25, 0.3) is 0 Å². The molecular weight excluding hydrogens is 329 g/mol. The van der Waals surface area contributed by atoms with Gasteiger partial charge in [0.15, 0.2) is 0 Å². The minimum atomic E-state index is -0.629. The normalized spacial score (nSPS) is 22.0. The van der Waals surface area contributed by atoms with E-state index in [0.717, 1.165) is 25.3 Å². The molecule has 0 amide bonds. The maximum Gasteiger partial charge on any atom is 0.295 e. The topological polar surface area (TPSA) is 72.4 Å². The molecule has 1 saturated carbocycles. The Labute approximate surface area is 125 Å². The summed E-state index contributed by atoms with van der Waals surface area (Å²) >= 11 is 3.09. The highest BCUT2D eigenvalue weighted by Gasteiger charge is 2.32. The van der Waals surface area contributed by atoms with Crippen LogP contribution < -0.4 is 10.6 Å². The average Bonchev–Trinajstić information content (AvgIpc) is 2.88. The lowest BCUT2D eigenvalue weighted by atomic mass is 10.0. The highest BCUT2D eigenvalue weighted by Crippen LogP contribution is 2.38. The first-order valence-electron chi connectivity index (χ1n) is 6.52. The molecule has 20 heavy (non-hydrogen) atoms. The van der Waals surface area contributed by atoms with Gasteiger partial charge in [-0.3, -0.25) is 10.1 Å². The average molecular weight is 346 g/mol. The van der Waals surface area contributed by atoms with Gasteiger partial charge in [0.1, 0.15) is 11.5 Å². The van der Waals surface area contributed by atoms with Crippen LogP contribution in [0.3, 0.4) is 0 Å². The maximum absolute atomic E-state index is 13.5. The summed E-state index contributed by atoms with van der Waals surface area (Å²) in [5.74, 6) is -0.306. The molecule has 2 rings (SSSR count). The molecule has 1 aliphatic rings. The predicted octanol–water partition coefficient (Wildman–Crippen LogP) is 3.06. The molecule has 2 N–H and O–H groups in total. The molecule has 0 bridgehead atoms. The van der Waals surface area contributed by atoms with Gasteiger partial charge in [-0.05, 0) is 47.3 Å². The van der Waals surface area contributed by atoms with Gasteiger partial charge in [-0.2, -0.15) is 0 Å². The van der Waals surface area contributed by atoms with Crippen molar-refractivity contribution in [1.82, 2.24) is 0 Å². The van der Waals surface area contributed by atoms with E-state index in [1.807, 2.05) is 11.9 Å². The van der Waals surface area contributed by atoms with E-state index >= 15 is 0 Å². The van der Waals surface area contributed by atoms with E-state index in [9.17, 15) is 14.5 Å². The van der Waals surface area contributed by atoms with Gasteiger partial charge in [-0.15, -0.1) is 0 Å². The van der Waals surface area contributed by atoms with E-state index < -0.39 is 10.7 Å². The van der Waals surface area contributed by atoms with E-state index in [2.05, 4.69) is 15.9 Å². The summed E-state index contributed by atoms with van der Waals surface area (Å²) < 4.78 is 13.7. The number of nitro benzene ring substituents is 1. The van der Waals surface area contributed by atoms with Crippen LogP contribution in [-0.4, -0.2) is 24.6 Å². The second-order valence-corrected chi connectivity index (χ2v) is 5.97. The van der Waals surface area contributed by atoms with Crippen LogP contribution in [0.1, 0.15) is 19.3 Å². The number of hydrogen-bond acceptors (Lipinski definition) is 4. The van der Waals surface area contributed by atoms with Crippen molar-refractivity contribution in [2.75, 3.05) is 18.5 Å². The molecule has 0 heterocycles. The van der Waals surface area contributed by atoms with Gasteiger partial charge in [0, 0.05) is 13.1 Å². The Balaban J connectivity index is 2.40. The number of benzene rings is 1. The Morgan fingerprint density at radius 1 is 1.55 bits per heavy atom. The van der Waals surface area contributed by atoms with Crippen molar-refractivity contribution < 1.29 is 9.31 Å². The quantitative estimate of drug-likeness (QED) is 0.672. The Morgan fingerprint density at radius 3 is 2.85 bits per heavy atom. The third-order valence-corrected chi connectivity index (χ3v) is 4.62. The monoisotopic (exact) mass is 345 g/mol. The first-order chi connectivity index (χ1) is 9.45. The first kappa shape index (κ1) is 15.2. The lowest BCUT2D eigenvalue weighted by molar-refractivity contribution is -0.384. The second kappa shape index (κ2) is 6.05. The number of halogens is 2. The number of nitrogens with two attached hydrogens (primary N) is 1. The van der Waals surface area contributed by atoms with Gasteiger partial charge in [-0.25, -0.2) is 4.39 Å². The molecule has 0 spiro atoms. The summed E-state index contributed by atoms with van der Waals surface area (Å²) in [7, 11) is 1.81. The van der Waals surface area contributed by atoms with Crippen LogP contribution in [0.4, 0.5) is 15.8 Å². The summed E-state index contributed by atoms with van der Waals surface area (Å²) in [6, 6.07) is 2.60. The van der Waals surface area contributed by atoms with Gasteiger partial charge >= 0.3 is 0 Å². The van der Waals surface area contributed by atoms with Crippen LogP contribution in [0.5, 0.6) is 0 Å². The molecule has 1 fully saturated rings. The smallest absolute Gasteiger partial charge is 0.295 e. The van der Waals surface area contributed by atoms with Crippen molar-refractivity contribution in [3.8, 4) is 0 Å². The van der Waals surface area contributed by atoms with E-state index in [0.29, 0.717) is 18.2 Å². The molecule has 7 heteroatoms. The molecule has 5 nitrogen and oxygen atoms in total. The highest BCUT2D eigenvalue weighted by atomic mass is 79.9. The standard InChI is InChI=1S/C13H17BrFN3O2/c1-17(11-4-2-3-8(11)7-16)12-5-9(14)10(15)6-13(12)18(19)20/h5-6,8,11H,2-4,7,16H2,1H3. The van der Waals surface area contributed by atoms with Crippen molar-refractivity contribution in [2.45, 2.75) is 25.3 Å². The fraction of sp³-hybridized carbons (Fsp3) is 0.538. The number of hydrogen-bond donors (Lipinski definition) is 1. The Hall–Kier alpha value is -1.21. The zero-order valence-corrected chi connectivity index (χ0v) is 12.8. The molecule has 2 atom stereocenters. The number of anilines is 1. The molecule has 1 aromatic carbocycles. The van der Waals surface area contributed by atoms with Gasteiger partial charge < -0.3 is 10.6 Å². The highest BCUT2D eigenvalue weighted by molar-refractivity contribution is 9.10. The second-order valence-electron chi connectivity index (χ2n) is 5.12. The Morgan fingerprint density at radius 2 is 2.25 bits per heavy atom. The SMILES string of the molecule is CN(c1cc(Br)c(F)cc1[N+](=O)[O-])C1CCCC1CN. The lowest BCUT2D eigenvalue weighted by Gasteiger charge is -2.30. The molecular formula is C13H17BrFN3O2. The molecule has 0 aromatic heterocycles. The van der Waals surface area contributed by atoms with Crippen molar-refractivity contribution in [2.24, 2.45) is 11.7 Å². The maximum atomic E-state index is 13.5. The fourth-order valence-corrected chi connectivity index (χ4v) is 3.27. The summed E-state index contributed by atoms with van der Waals surface area (Å²) in [6.07, 6.45) is 3.04. The fourth-order valence-electron chi connectivity index (χ4n) is 2.94. The van der Waals surface area contributed by atoms with Crippen molar-refractivity contribution >= 4 is 27.3 Å². The van der Waals surface area contributed by atoms with Gasteiger partial charge in [0.05, 0.1) is 15.5 Å². The first-order valence-corrected chi connectivity index (χ1v) is 7.31. The molecule has 110 valence electrons. The molecule has 0 saturated heterocycles. The van der Waals surface area contributed by atoms with E-state index in [-0.39, 0.29) is 16.2 Å². The molecule has 2 unspecified atom stereocenters. The number of rotatable bonds is 4. The van der Waals surface area contributed by atoms with Crippen LogP contribution in [0.15, 0.2) is 16.6 Å². The summed E-state index contributed by atoms with van der Waals surface area (Å²) in [6.45, 7) is 0.561. The molecule has 1 aromatic rings. The predicted molar refractivity (Wildman–Crippen MR) is 79.3 cm³/mol. The minimum absolute atomic E-state index is 0.163. The Bertz CT molecular complexity index is 527. The number of nitrogens with zero attached hydrogens (tertiary/aromatic N) is 2. The van der Waals surface area contributed by atoms with E-state index in [1.165, 1.54) is 6.07 Å². The minimum Gasteiger partial charge on any atom is -0.366 e. The van der Waals surface area contributed by atoms with E-state index in [4.69, 9.17) is 5.73 Å². The van der Waals surface area contributed by atoms with Crippen LogP contribution in [0.2, 0.25) is 0 Å². The van der Waals surface area contributed by atoms with Crippen LogP contribution >= 0.6 is 15.9 Å². The zero-order valence-electron chi connectivity index (χ0n) is 11.2. The van der Waals surface area contributed by atoms with E-state index in [1.54, 1.807) is 0 Å². The van der Waals surface area contributed by atoms with Crippen LogP contribution in [0, 0.1) is 21.8 Å². The van der Waals surface area contributed by atoms with Crippen molar-refractivity contribution in [3.05, 3.63) is 32.5 Å². The van der Waals surface area contributed by atoms with Gasteiger partial charge in [0.25, 0.3) is 5.69 Å². The van der Waals surface area contributed by atoms with Crippen LogP contribution in [-0.2, 0) is 0 Å². The lowest BCUT2D eigenvalue weighted by Crippen LogP contribution is -2.38. The third-order valence-electron chi connectivity index (χ3n) is 4.01. The van der Waals surface area contributed by atoms with Crippen molar-refractivity contribution in [3.63, 3.8) is 0 Å². The third kappa shape index (κ3) is 2.78. The summed E-state index contributed by atoms with van der Waals surface area (Å²) in [5.41, 5.74) is 5.97. The largest absolute Gasteiger partial charge is 0.366 e. The molecule has 1 aliphatic carbocycles. The van der Waals surface area contributed by atoms with Crippen molar-refractivity contribution in [1.29, 1.82) is 0 Å². The number of nitro groups is 1. The summed E-state index contributed by atoms with van der Waals surface area (Å²) in [5, 5.41) is 11.1. The molecule has 0 aliphatic heterocycles. The van der Waals surface area contributed by atoms with Gasteiger partial charge in [-0.1, -0.05) is 6.42 Å². The zero-order chi connectivity index (χ0) is 14.9.